The number of fused-ring (bicyclic) bond motifs is 1. The van der Waals surface area contributed by atoms with Gasteiger partial charge in [0.2, 0.25) is 5.91 Å². The fourth-order valence-electron chi connectivity index (χ4n) is 3.37. The Morgan fingerprint density at radius 3 is 3.04 bits per heavy atom. The smallest absolute Gasteiger partial charge is 0.222 e. The Balaban J connectivity index is 1.42. The van der Waals surface area contributed by atoms with Crippen LogP contribution in [-0.2, 0) is 11.2 Å². The maximum absolute atomic E-state index is 12.3. The molecule has 1 aliphatic heterocycles. The van der Waals surface area contributed by atoms with Crippen molar-refractivity contribution in [2.45, 2.75) is 51.6 Å². The topological polar surface area (TPSA) is 53.4 Å². The first-order chi connectivity index (χ1) is 11.6. The van der Waals surface area contributed by atoms with Gasteiger partial charge in [0.25, 0.3) is 0 Å². The molecule has 1 amide bonds. The molecule has 0 spiro atoms. The van der Waals surface area contributed by atoms with Crippen LogP contribution in [0.1, 0.15) is 44.0 Å². The SMILES string of the molecule is CC(O)C1CCCN(C(=O)CCCCc2nc3ccccc3s2)C1. The third kappa shape index (κ3) is 4.33. The van der Waals surface area contributed by atoms with Crippen molar-refractivity contribution in [2.24, 2.45) is 5.92 Å². The molecule has 0 bridgehead atoms. The molecule has 130 valence electrons. The van der Waals surface area contributed by atoms with E-state index in [1.54, 1.807) is 11.3 Å². The van der Waals surface area contributed by atoms with Gasteiger partial charge in [-0.2, -0.15) is 0 Å². The maximum Gasteiger partial charge on any atom is 0.222 e. The number of amides is 1. The number of aliphatic hydroxyl groups excluding tert-OH is 1. The highest BCUT2D eigenvalue weighted by Gasteiger charge is 2.25. The number of aromatic nitrogens is 1. The molecule has 1 aliphatic rings. The number of aliphatic hydroxyl groups is 1. The van der Waals surface area contributed by atoms with Gasteiger partial charge in [-0.25, -0.2) is 4.98 Å². The molecule has 2 atom stereocenters. The summed E-state index contributed by atoms with van der Waals surface area (Å²) in [4.78, 5) is 18.9. The Kier molecular flexibility index (Phi) is 5.85. The van der Waals surface area contributed by atoms with E-state index in [-0.39, 0.29) is 17.9 Å². The lowest BCUT2D eigenvalue weighted by molar-refractivity contribution is -0.133. The molecular weight excluding hydrogens is 320 g/mol. The summed E-state index contributed by atoms with van der Waals surface area (Å²) in [6.45, 7) is 3.39. The molecule has 24 heavy (non-hydrogen) atoms. The van der Waals surface area contributed by atoms with Crippen LogP contribution in [0, 0.1) is 5.92 Å². The van der Waals surface area contributed by atoms with Crippen LogP contribution in [0.2, 0.25) is 0 Å². The quantitative estimate of drug-likeness (QED) is 0.813. The second-order valence-corrected chi connectivity index (χ2v) is 7.88. The van der Waals surface area contributed by atoms with Crippen molar-refractivity contribution < 1.29 is 9.90 Å². The molecule has 2 unspecified atom stereocenters. The minimum atomic E-state index is -0.320. The third-order valence-corrected chi connectivity index (χ3v) is 5.96. The van der Waals surface area contributed by atoms with E-state index in [2.05, 4.69) is 11.1 Å². The van der Waals surface area contributed by atoms with Crippen LogP contribution >= 0.6 is 11.3 Å². The number of hydrogen-bond acceptors (Lipinski definition) is 4. The molecule has 4 nitrogen and oxygen atoms in total. The number of thiazole rings is 1. The Bertz CT molecular complexity index is 650. The molecule has 1 aromatic carbocycles. The largest absolute Gasteiger partial charge is 0.393 e. The van der Waals surface area contributed by atoms with Gasteiger partial charge < -0.3 is 10.0 Å². The molecule has 1 saturated heterocycles. The van der Waals surface area contributed by atoms with E-state index < -0.39 is 0 Å². The molecule has 0 saturated carbocycles. The first-order valence-corrected chi connectivity index (χ1v) is 9.75. The fourth-order valence-corrected chi connectivity index (χ4v) is 4.38. The highest BCUT2D eigenvalue weighted by atomic mass is 32.1. The molecule has 1 N–H and O–H groups in total. The number of benzene rings is 1. The zero-order valence-electron chi connectivity index (χ0n) is 14.3. The van der Waals surface area contributed by atoms with Crippen molar-refractivity contribution in [3.05, 3.63) is 29.3 Å². The van der Waals surface area contributed by atoms with E-state index in [1.165, 1.54) is 4.70 Å². The zero-order valence-corrected chi connectivity index (χ0v) is 15.1. The van der Waals surface area contributed by atoms with Crippen LogP contribution in [0.4, 0.5) is 0 Å². The van der Waals surface area contributed by atoms with E-state index in [1.807, 2.05) is 30.0 Å². The number of piperidine rings is 1. The average Bonchev–Trinajstić information content (AvgIpc) is 3.01. The van der Waals surface area contributed by atoms with Crippen LogP contribution in [0.15, 0.2) is 24.3 Å². The molecular formula is C19H26N2O2S. The molecule has 5 heteroatoms. The van der Waals surface area contributed by atoms with E-state index >= 15 is 0 Å². The van der Waals surface area contributed by atoms with Gasteiger partial charge in [0.1, 0.15) is 0 Å². The van der Waals surface area contributed by atoms with Crippen LogP contribution in [0.5, 0.6) is 0 Å². The average molecular weight is 346 g/mol. The van der Waals surface area contributed by atoms with E-state index in [4.69, 9.17) is 0 Å². The second-order valence-electron chi connectivity index (χ2n) is 6.77. The van der Waals surface area contributed by atoms with Crippen LogP contribution in [0.25, 0.3) is 10.2 Å². The summed E-state index contributed by atoms with van der Waals surface area (Å²) in [7, 11) is 0. The van der Waals surface area contributed by atoms with E-state index in [9.17, 15) is 9.90 Å². The summed E-state index contributed by atoms with van der Waals surface area (Å²) in [6, 6.07) is 8.22. The van der Waals surface area contributed by atoms with Gasteiger partial charge in [-0.05, 0) is 51.2 Å². The van der Waals surface area contributed by atoms with Gasteiger partial charge in [-0.15, -0.1) is 11.3 Å². The lowest BCUT2D eigenvalue weighted by atomic mass is 9.93. The molecule has 3 rings (SSSR count). The highest BCUT2D eigenvalue weighted by molar-refractivity contribution is 7.18. The van der Waals surface area contributed by atoms with Crippen molar-refractivity contribution in [2.75, 3.05) is 13.1 Å². The molecule has 1 aromatic heterocycles. The van der Waals surface area contributed by atoms with Crippen LogP contribution in [0.3, 0.4) is 0 Å². The van der Waals surface area contributed by atoms with Gasteiger partial charge in [-0.1, -0.05) is 12.1 Å². The highest BCUT2D eigenvalue weighted by Crippen LogP contribution is 2.23. The number of aryl methyl sites for hydroxylation is 1. The standard InChI is InChI=1S/C19H26N2O2S/c1-14(22)15-7-6-12-21(13-15)19(23)11-5-4-10-18-20-16-8-2-3-9-17(16)24-18/h2-3,8-9,14-15,22H,4-7,10-13H2,1H3. The predicted molar refractivity (Wildman–Crippen MR) is 98.2 cm³/mol. The van der Waals surface area contributed by atoms with Gasteiger partial charge in [0.15, 0.2) is 0 Å². The van der Waals surface area contributed by atoms with Crippen molar-refractivity contribution in [3.63, 3.8) is 0 Å². The minimum absolute atomic E-state index is 0.240. The Hall–Kier alpha value is -1.46. The predicted octanol–water partition coefficient (Wildman–Crippen LogP) is 3.63. The normalized spacial score (nSPS) is 19.6. The maximum atomic E-state index is 12.3. The number of likely N-dealkylation sites (tertiary alicyclic amines) is 1. The summed E-state index contributed by atoms with van der Waals surface area (Å²) >= 11 is 1.75. The Morgan fingerprint density at radius 1 is 1.42 bits per heavy atom. The number of rotatable bonds is 6. The summed E-state index contributed by atoms with van der Waals surface area (Å²) in [5, 5.41) is 10.9. The van der Waals surface area contributed by atoms with Gasteiger partial charge in [0.05, 0.1) is 21.3 Å². The van der Waals surface area contributed by atoms with Gasteiger partial charge in [-0.3, -0.25) is 4.79 Å². The molecule has 2 aromatic rings. The molecule has 1 fully saturated rings. The lowest BCUT2D eigenvalue weighted by Gasteiger charge is -2.34. The van der Waals surface area contributed by atoms with Crippen molar-refractivity contribution in [3.8, 4) is 0 Å². The second kappa shape index (κ2) is 8.08. The van der Waals surface area contributed by atoms with Crippen molar-refractivity contribution >= 4 is 27.5 Å². The zero-order chi connectivity index (χ0) is 16.9. The summed E-state index contributed by atoms with van der Waals surface area (Å²) in [6.07, 6.45) is 5.18. The van der Waals surface area contributed by atoms with Crippen LogP contribution < -0.4 is 0 Å². The number of carbonyl (C=O) groups excluding carboxylic acids is 1. The molecule has 0 aliphatic carbocycles. The first-order valence-electron chi connectivity index (χ1n) is 8.94. The third-order valence-electron chi connectivity index (χ3n) is 4.86. The number of hydrogen-bond donors (Lipinski definition) is 1. The van der Waals surface area contributed by atoms with Crippen LogP contribution in [-0.4, -0.2) is 40.1 Å². The summed E-state index contributed by atoms with van der Waals surface area (Å²) in [5.74, 6) is 0.482. The summed E-state index contributed by atoms with van der Waals surface area (Å²) in [5.41, 5.74) is 1.08. The van der Waals surface area contributed by atoms with Crippen molar-refractivity contribution in [1.82, 2.24) is 9.88 Å². The fraction of sp³-hybridized carbons (Fsp3) is 0.579. The number of carbonyl (C=O) groups is 1. The van der Waals surface area contributed by atoms with Gasteiger partial charge >= 0.3 is 0 Å². The Labute approximate surface area is 147 Å². The first kappa shape index (κ1) is 17.4. The monoisotopic (exact) mass is 346 g/mol. The Morgan fingerprint density at radius 2 is 2.25 bits per heavy atom. The lowest BCUT2D eigenvalue weighted by Crippen LogP contribution is -2.42. The summed E-state index contributed by atoms with van der Waals surface area (Å²) < 4.78 is 1.24. The molecule has 0 radical (unpaired) electrons. The van der Waals surface area contributed by atoms with E-state index in [0.717, 1.165) is 49.2 Å². The van der Waals surface area contributed by atoms with Gasteiger partial charge in [0, 0.05) is 25.4 Å². The van der Waals surface area contributed by atoms with Crippen molar-refractivity contribution in [1.29, 1.82) is 0 Å². The van der Waals surface area contributed by atoms with E-state index in [0.29, 0.717) is 13.0 Å². The number of para-hydroxylation sites is 1. The number of nitrogens with zero attached hydrogens (tertiary/aromatic N) is 2. The minimum Gasteiger partial charge on any atom is -0.393 e. The number of unbranched alkanes of at least 4 members (excludes halogenated alkanes) is 1. The molecule has 2 heterocycles.